The number of para-hydroxylation sites is 2. The molecule has 170 valence electrons. The van der Waals surface area contributed by atoms with Gasteiger partial charge in [0.1, 0.15) is 10.8 Å². The second kappa shape index (κ2) is 11.0. The van der Waals surface area contributed by atoms with E-state index in [1.807, 2.05) is 35.7 Å². The van der Waals surface area contributed by atoms with E-state index in [9.17, 15) is 0 Å². The third kappa shape index (κ3) is 5.46. The Hall–Kier alpha value is -2.68. The van der Waals surface area contributed by atoms with Crippen LogP contribution in [0.1, 0.15) is 37.9 Å². The molecule has 0 saturated carbocycles. The molecule has 33 heavy (non-hydrogen) atoms. The van der Waals surface area contributed by atoms with Gasteiger partial charge in [-0.05, 0) is 49.4 Å². The monoisotopic (exact) mass is 494 g/mol. The van der Waals surface area contributed by atoms with Gasteiger partial charge in [-0.1, -0.05) is 54.6 Å². The molecule has 4 rings (SSSR count). The number of aromatic nitrogens is 4. The lowest BCUT2D eigenvalue weighted by molar-refractivity contribution is 0.412. The van der Waals surface area contributed by atoms with Crippen molar-refractivity contribution in [3.8, 4) is 22.1 Å². The highest BCUT2D eigenvalue weighted by atomic mass is 32.2. The molecule has 0 aliphatic carbocycles. The van der Waals surface area contributed by atoms with Crippen LogP contribution in [0.15, 0.2) is 70.0 Å². The summed E-state index contributed by atoms with van der Waals surface area (Å²) in [4.78, 5) is 5.90. The zero-order valence-corrected chi connectivity index (χ0v) is 21.6. The van der Waals surface area contributed by atoms with Crippen LogP contribution >= 0.6 is 34.4 Å². The van der Waals surface area contributed by atoms with Crippen molar-refractivity contribution in [3.05, 3.63) is 75.6 Å². The minimum Gasteiger partial charge on any atom is -0.495 e. The van der Waals surface area contributed by atoms with E-state index in [1.54, 1.807) is 41.5 Å². The van der Waals surface area contributed by atoms with E-state index in [0.717, 1.165) is 44.4 Å². The topological polar surface area (TPSA) is 52.8 Å². The zero-order chi connectivity index (χ0) is 23.2. The molecule has 0 aliphatic heterocycles. The standard InChI is InChI=1S/C25H26N4OS3/c1-5-17(2)12-13-18(3)24-26-19(15-32-24)16-33-25-28-27-23(22-11-8-14-31-22)29(25)20-9-6-7-10-21(20)30-4/h6-15H,5,16H2,1-4H3/b17-12-,18-13+. The Balaban J connectivity index is 1.61. The van der Waals surface area contributed by atoms with Gasteiger partial charge in [-0.3, -0.25) is 4.57 Å². The lowest BCUT2D eigenvalue weighted by Crippen LogP contribution is -2.01. The number of thiophene rings is 1. The molecule has 0 amide bonds. The Morgan fingerprint density at radius 1 is 1.09 bits per heavy atom. The molecule has 0 bridgehead atoms. The molecule has 0 aliphatic rings. The zero-order valence-electron chi connectivity index (χ0n) is 19.1. The van der Waals surface area contributed by atoms with E-state index in [1.165, 1.54) is 11.1 Å². The van der Waals surface area contributed by atoms with Crippen molar-refractivity contribution >= 4 is 40.0 Å². The van der Waals surface area contributed by atoms with Gasteiger partial charge in [-0.2, -0.15) is 0 Å². The molecule has 0 saturated heterocycles. The predicted octanol–water partition coefficient (Wildman–Crippen LogP) is 7.51. The van der Waals surface area contributed by atoms with Crippen LogP contribution in [-0.4, -0.2) is 26.9 Å². The third-order valence-corrected chi connectivity index (χ3v) is 7.97. The quantitative estimate of drug-likeness (QED) is 0.178. The predicted molar refractivity (Wildman–Crippen MR) is 141 cm³/mol. The Morgan fingerprint density at radius 3 is 2.70 bits per heavy atom. The van der Waals surface area contributed by atoms with Crippen LogP contribution < -0.4 is 4.74 Å². The Bertz CT molecular complexity index is 1270. The molecule has 0 unspecified atom stereocenters. The number of hydrogen-bond donors (Lipinski definition) is 0. The summed E-state index contributed by atoms with van der Waals surface area (Å²) in [6.07, 6.45) is 5.39. The molecule has 0 fully saturated rings. The molecule has 3 heterocycles. The summed E-state index contributed by atoms with van der Waals surface area (Å²) in [6, 6.07) is 12.0. The van der Waals surface area contributed by atoms with Gasteiger partial charge in [0, 0.05) is 11.1 Å². The fourth-order valence-corrected chi connectivity index (χ4v) is 5.56. The molecule has 1 aromatic carbocycles. The van der Waals surface area contributed by atoms with E-state index in [4.69, 9.17) is 9.72 Å². The van der Waals surface area contributed by atoms with Crippen LogP contribution in [-0.2, 0) is 5.75 Å². The molecule has 5 nitrogen and oxygen atoms in total. The maximum atomic E-state index is 5.63. The summed E-state index contributed by atoms with van der Waals surface area (Å²) < 4.78 is 7.71. The summed E-state index contributed by atoms with van der Waals surface area (Å²) in [7, 11) is 1.69. The number of methoxy groups -OCH3 is 1. The third-order valence-electron chi connectivity index (χ3n) is 5.11. The SMILES string of the molecule is CC/C(C)=C\C=C(/C)c1nc(CSc2nnc(-c3cccs3)n2-c2ccccc2OC)cs1. The van der Waals surface area contributed by atoms with Crippen LogP contribution in [0.25, 0.3) is 22.0 Å². The van der Waals surface area contributed by atoms with Gasteiger partial charge in [-0.15, -0.1) is 32.9 Å². The summed E-state index contributed by atoms with van der Waals surface area (Å²) in [5.74, 6) is 2.31. The molecule has 3 aromatic heterocycles. The van der Waals surface area contributed by atoms with Crippen molar-refractivity contribution in [2.75, 3.05) is 7.11 Å². The fraction of sp³-hybridized carbons (Fsp3) is 0.240. The van der Waals surface area contributed by atoms with Gasteiger partial charge in [0.05, 0.1) is 23.4 Å². The molecular formula is C25H26N4OS3. The number of thioether (sulfide) groups is 1. The van der Waals surface area contributed by atoms with Crippen LogP contribution in [0.2, 0.25) is 0 Å². The van der Waals surface area contributed by atoms with E-state index >= 15 is 0 Å². The number of hydrogen-bond acceptors (Lipinski definition) is 7. The number of allylic oxidation sites excluding steroid dienone is 4. The van der Waals surface area contributed by atoms with Gasteiger partial charge in [0.25, 0.3) is 0 Å². The van der Waals surface area contributed by atoms with Gasteiger partial charge in [0.2, 0.25) is 0 Å². The fourth-order valence-electron chi connectivity index (χ4n) is 3.11. The molecule has 0 radical (unpaired) electrons. The lowest BCUT2D eigenvalue weighted by Gasteiger charge is -2.13. The van der Waals surface area contributed by atoms with Gasteiger partial charge < -0.3 is 4.74 Å². The average Bonchev–Trinajstić information content (AvgIpc) is 3.61. The number of ether oxygens (including phenoxy) is 1. The van der Waals surface area contributed by atoms with Crippen molar-refractivity contribution < 1.29 is 4.74 Å². The van der Waals surface area contributed by atoms with Crippen LogP contribution in [0, 0.1) is 0 Å². The molecule has 0 N–H and O–H groups in total. The van der Waals surface area contributed by atoms with E-state index in [0.29, 0.717) is 5.75 Å². The van der Waals surface area contributed by atoms with Gasteiger partial charge >= 0.3 is 0 Å². The number of nitrogens with zero attached hydrogens (tertiary/aromatic N) is 4. The highest BCUT2D eigenvalue weighted by Gasteiger charge is 2.20. The minimum absolute atomic E-state index is 0.714. The largest absolute Gasteiger partial charge is 0.495 e. The van der Waals surface area contributed by atoms with Gasteiger partial charge in [-0.25, -0.2) is 4.98 Å². The minimum atomic E-state index is 0.714. The van der Waals surface area contributed by atoms with Crippen molar-refractivity contribution in [1.82, 2.24) is 19.7 Å². The van der Waals surface area contributed by atoms with E-state index < -0.39 is 0 Å². The molecule has 0 atom stereocenters. The van der Waals surface area contributed by atoms with Crippen molar-refractivity contribution in [2.24, 2.45) is 0 Å². The molecule has 0 spiro atoms. The van der Waals surface area contributed by atoms with Crippen LogP contribution in [0.5, 0.6) is 5.75 Å². The molecular weight excluding hydrogens is 469 g/mol. The van der Waals surface area contributed by atoms with E-state index in [2.05, 4.69) is 59.1 Å². The molecule has 8 heteroatoms. The average molecular weight is 495 g/mol. The smallest absolute Gasteiger partial charge is 0.196 e. The van der Waals surface area contributed by atoms with Crippen molar-refractivity contribution in [3.63, 3.8) is 0 Å². The first-order valence-electron chi connectivity index (χ1n) is 10.6. The second-order valence-electron chi connectivity index (χ2n) is 7.44. The van der Waals surface area contributed by atoms with Crippen LogP contribution in [0.3, 0.4) is 0 Å². The van der Waals surface area contributed by atoms with Crippen molar-refractivity contribution in [2.45, 2.75) is 38.1 Å². The highest BCUT2D eigenvalue weighted by molar-refractivity contribution is 7.98. The Morgan fingerprint density at radius 2 is 1.94 bits per heavy atom. The Kier molecular flexibility index (Phi) is 7.80. The number of rotatable bonds is 9. The second-order valence-corrected chi connectivity index (χ2v) is 10.2. The first-order chi connectivity index (χ1) is 16.1. The maximum absolute atomic E-state index is 5.63. The van der Waals surface area contributed by atoms with Crippen LogP contribution in [0.4, 0.5) is 0 Å². The number of thiazole rings is 1. The first-order valence-corrected chi connectivity index (χ1v) is 13.4. The molecule has 4 aromatic rings. The summed E-state index contributed by atoms with van der Waals surface area (Å²) in [5, 5.41) is 15.1. The first kappa shape index (κ1) is 23.5. The number of benzene rings is 1. The summed E-state index contributed by atoms with van der Waals surface area (Å²) in [6.45, 7) is 6.43. The lowest BCUT2D eigenvalue weighted by atomic mass is 10.2. The van der Waals surface area contributed by atoms with Gasteiger partial charge in [0.15, 0.2) is 11.0 Å². The summed E-state index contributed by atoms with van der Waals surface area (Å²) in [5.41, 5.74) is 4.50. The highest BCUT2D eigenvalue weighted by Crippen LogP contribution is 2.35. The normalized spacial score (nSPS) is 12.4. The summed E-state index contributed by atoms with van der Waals surface area (Å²) >= 11 is 4.95. The maximum Gasteiger partial charge on any atom is 0.196 e. The Labute approximate surface area is 206 Å². The van der Waals surface area contributed by atoms with Crippen molar-refractivity contribution in [1.29, 1.82) is 0 Å². The van der Waals surface area contributed by atoms with E-state index in [-0.39, 0.29) is 0 Å².